The smallest absolute Gasteiger partial charge is 0.255 e. The van der Waals surface area contributed by atoms with Crippen LogP contribution >= 0.6 is 11.3 Å². The van der Waals surface area contributed by atoms with Gasteiger partial charge in [-0.2, -0.15) is 0 Å². The van der Waals surface area contributed by atoms with Gasteiger partial charge in [0.1, 0.15) is 6.10 Å². The normalized spacial score (nSPS) is 23.0. The minimum absolute atomic E-state index is 0.107. The van der Waals surface area contributed by atoms with Gasteiger partial charge in [0.05, 0.1) is 18.4 Å². The van der Waals surface area contributed by atoms with Crippen molar-refractivity contribution in [2.75, 3.05) is 18.5 Å². The Kier molecular flexibility index (Phi) is 5.10. The van der Waals surface area contributed by atoms with Crippen molar-refractivity contribution in [3.8, 4) is 0 Å². The molecular formula is C16H24N2O3S. The van der Waals surface area contributed by atoms with Crippen molar-refractivity contribution in [3.05, 3.63) is 11.1 Å². The lowest BCUT2D eigenvalue weighted by molar-refractivity contribution is -0.132. The molecule has 2 atom stereocenters. The molecule has 0 radical (unpaired) electrons. The summed E-state index contributed by atoms with van der Waals surface area (Å²) in [4.78, 5) is 16.9. The summed E-state index contributed by atoms with van der Waals surface area (Å²) in [5, 5.41) is 5.63. The van der Waals surface area contributed by atoms with Crippen LogP contribution in [0.2, 0.25) is 0 Å². The molecule has 0 bridgehead atoms. The first-order chi connectivity index (χ1) is 10.6. The minimum atomic E-state index is -0.461. The second-order valence-corrected chi connectivity index (χ2v) is 7.33. The van der Waals surface area contributed by atoms with E-state index >= 15 is 0 Å². The van der Waals surface area contributed by atoms with Crippen LogP contribution in [0.15, 0.2) is 5.38 Å². The zero-order valence-corrected chi connectivity index (χ0v) is 14.0. The fraction of sp³-hybridized carbons (Fsp3) is 0.750. The summed E-state index contributed by atoms with van der Waals surface area (Å²) in [6.45, 7) is 5.28. The average Bonchev–Trinajstić information content (AvgIpc) is 2.99. The number of anilines is 1. The maximum absolute atomic E-state index is 12.4. The number of aromatic nitrogens is 1. The fourth-order valence-corrected chi connectivity index (χ4v) is 3.44. The van der Waals surface area contributed by atoms with Crippen LogP contribution in [-0.4, -0.2) is 36.3 Å². The molecule has 0 spiro atoms. The number of nitrogens with one attached hydrogen (secondary N) is 1. The fourth-order valence-electron chi connectivity index (χ4n) is 2.64. The topological polar surface area (TPSA) is 60.5 Å². The zero-order chi connectivity index (χ0) is 15.5. The molecule has 1 N–H and O–H groups in total. The van der Waals surface area contributed by atoms with E-state index in [4.69, 9.17) is 9.47 Å². The Morgan fingerprint density at radius 3 is 2.95 bits per heavy atom. The van der Waals surface area contributed by atoms with Crippen LogP contribution in [0, 0.1) is 5.92 Å². The summed E-state index contributed by atoms with van der Waals surface area (Å²) in [7, 11) is 0. The molecule has 0 aromatic carbocycles. The van der Waals surface area contributed by atoms with E-state index in [2.05, 4.69) is 10.3 Å². The van der Waals surface area contributed by atoms with E-state index in [0.717, 1.165) is 25.1 Å². The Morgan fingerprint density at radius 1 is 1.50 bits per heavy atom. The summed E-state index contributed by atoms with van der Waals surface area (Å²) in [5.74, 6) is 0.618. The summed E-state index contributed by atoms with van der Waals surface area (Å²) in [6.07, 6.45) is 4.21. The molecule has 1 saturated carbocycles. The summed E-state index contributed by atoms with van der Waals surface area (Å²) < 4.78 is 11.4. The largest absolute Gasteiger partial charge is 0.376 e. The standard InChI is InChI=1S/C16H24N2O3S/c1-10(2)14(21-8-12-4-3-7-20-12)15(19)18-16-17-13(9-22-16)11-5-6-11/h9-12,14H,3-8H2,1-2H3,(H,17,18,19)/t12-,14-/m1/s1. The predicted octanol–water partition coefficient (Wildman–Crippen LogP) is 3.18. The van der Waals surface area contributed by atoms with Crippen LogP contribution < -0.4 is 5.32 Å². The van der Waals surface area contributed by atoms with E-state index in [9.17, 15) is 4.79 Å². The van der Waals surface area contributed by atoms with Crippen molar-refractivity contribution in [1.82, 2.24) is 4.98 Å². The molecule has 2 fully saturated rings. The van der Waals surface area contributed by atoms with Crippen LogP contribution in [0.4, 0.5) is 5.13 Å². The van der Waals surface area contributed by atoms with Gasteiger partial charge in [-0.25, -0.2) is 4.98 Å². The predicted molar refractivity (Wildman–Crippen MR) is 86.3 cm³/mol. The number of carbonyl (C=O) groups excluding carboxylic acids is 1. The number of amides is 1. The molecule has 5 nitrogen and oxygen atoms in total. The third-order valence-corrected chi connectivity index (χ3v) is 4.87. The van der Waals surface area contributed by atoms with Crippen molar-refractivity contribution in [3.63, 3.8) is 0 Å². The first-order valence-electron chi connectivity index (χ1n) is 8.13. The summed E-state index contributed by atoms with van der Waals surface area (Å²) in [5.41, 5.74) is 1.11. The molecule has 6 heteroatoms. The molecule has 3 rings (SSSR count). The highest BCUT2D eigenvalue weighted by atomic mass is 32.1. The van der Waals surface area contributed by atoms with Crippen LogP contribution in [0.3, 0.4) is 0 Å². The highest BCUT2D eigenvalue weighted by Gasteiger charge is 2.28. The Balaban J connectivity index is 1.53. The Hall–Kier alpha value is -0.980. The number of ether oxygens (including phenoxy) is 2. The number of hydrogen-bond acceptors (Lipinski definition) is 5. The second-order valence-electron chi connectivity index (χ2n) is 6.47. The van der Waals surface area contributed by atoms with E-state index in [1.165, 1.54) is 24.2 Å². The first-order valence-corrected chi connectivity index (χ1v) is 9.01. The molecular weight excluding hydrogens is 300 g/mol. The Labute approximate surface area is 135 Å². The zero-order valence-electron chi connectivity index (χ0n) is 13.2. The van der Waals surface area contributed by atoms with Gasteiger partial charge in [0.15, 0.2) is 5.13 Å². The molecule has 0 unspecified atom stereocenters. The molecule has 1 amide bonds. The van der Waals surface area contributed by atoms with Crippen LogP contribution in [0.5, 0.6) is 0 Å². The van der Waals surface area contributed by atoms with Gasteiger partial charge >= 0.3 is 0 Å². The van der Waals surface area contributed by atoms with Crippen LogP contribution in [0.1, 0.15) is 51.1 Å². The van der Waals surface area contributed by atoms with Gasteiger partial charge in [-0.15, -0.1) is 11.3 Å². The van der Waals surface area contributed by atoms with E-state index in [1.54, 1.807) is 0 Å². The molecule has 1 aliphatic carbocycles. The Morgan fingerprint density at radius 2 is 2.32 bits per heavy atom. The molecule has 1 aliphatic heterocycles. The number of nitrogens with zero attached hydrogens (tertiary/aromatic N) is 1. The van der Waals surface area contributed by atoms with Gasteiger partial charge < -0.3 is 9.47 Å². The highest BCUT2D eigenvalue weighted by molar-refractivity contribution is 7.13. The minimum Gasteiger partial charge on any atom is -0.376 e. The first kappa shape index (κ1) is 15.9. The van der Waals surface area contributed by atoms with Crippen molar-refractivity contribution in [2.24, 2.45) is 5.92 Å². The maximum Gasteiger partial charge on any atom is 0.255 e. The van der Waals surface area contributed by atoms with Gasteiger partial charge in [-0.3, -0.25) is 10.1 Å². The average molecular weight is 324 g/mol. The number of rotatable bonds is 7. The number of hydrogen-bond donors (Lipinski definition) is 1. The third kappa shape index (κ3) is 4.06. The molecule has 122 valence electrons. The van der Waals surface area contributed by atoms with Gasteiger partial charge in [-0.1, -0.05) is 13.8 Å². The van der Waals surface area contributed by atoms with Gasteiger partial charge in [0, 0.05) is 17.9 Å². The molecule has 2 heterocycles. The van der Waals surface area contributed by atoms with Gasteiger partial charge in [0.25, 0.3) is 5.91 Å². The second kappa shape index (κ2) is 7.06. The summed E-state index contributed by atoms with van der Waals surface area (Å²) >= 11 is 1.50. The number of thiazole rings is 1. The molecule has 1 aromatic rings. The lowest BCUT2D eigenvalue weighted by atomic mass is 10.1. The summed E-state index contributed by atoms with van der Waals surface area (Å²) in [6, 6.07) is 0. The number of carbonyl (C=O) groups is 1. The third-order valence-electron chi connectivity index (χ3n) is 4.10. The highest BCUT2D eigenvalue weighted by Crippen LogP contribution is 2.40. The van der Waals surface area contributed by atoms with Crippen molar-refractivity contribution < 1.29 is 14.3 Å². The Bertz CT molecular complexity index is 507. The lowest BCUT2D eigenvalue weighted by Crippen LogP contribution is -2.36. The van der Waals surface area contributed by atoms with E-state index in [0.29, 0.717) is 17.7 Å². The van der Waals surface area contributed by atoms with E-state index in [1.807, 2.05) is 19.2 Å². The van der Waals surface area contributed by atoms with E-state index < -0.39 is 6.10 Å². The molecule has 1 aromatic heterocycles. The lowest BCUT2D eigenvalue weighted by Gasteiger charge is -2.22. The van der Waals surface area contributed by atoms with Crippen LogP contribution in [-0.2, 0) is 14.3 Å². The van der Waals surface area contributed by atoms with Crippen molar-refractivity contribution in [2.45, 2.75) is 57.7 Å². The molecule has 2 aliphatic rings. The van der Waals surface area contributed by atoms with Gasteiger partial charge in [0.2, 0.25) is 0 Å². The van der Waals surface area contributed by atoms with E-state index in [-0.39, 0.29) is 17.9 Å². The molecule has 22 heavy (non-hydrogen) atoms. The SMILES string of the molecule is CC(C)[C@@H](OC[C@H]1CCCO1)C(=O)Nc1nc(C2CC2)cs1. The van der Waals surface area contributed by atoms with Crippen molar-refractivity contribution in [1.29, 1.82) is 0 Å². The van der Waals surface area contributed by atoms with Crippen molar-refractivity contribution >= 4 is 22.4 Å². The molecule has 1 saturated heterocycles. The quantitative estimate of drug-likeness (QED) is 0.837. The van der Waals surface area contributed by atoms with Gasteiger partial charge in [-0.05, 0) is 31.6 Å². The monoisotopic (exact) mass is 324 g/mol. The van der Waals surface area contributed by atoms with Crippen LogP contribution in [0.25, 0.3) is 0 Å². The maximum atomic E-state index is 12.4.